The zero-order valence-electron chi connectivity index (χ0n) is 18.3. The topological polar surface area (TPSA) is 35.0 Å². The van der Waals surface area contributed by atoms with Crippen molar-refractivity contribution in [3.63, 3.8) is 0 Å². The van der Waals surface area contributed by atoms with Gasteiger partial charge >= 0.3 is 21.1 Å². The van der Waals surface area contributed by atoms with E-state index in [9.17, 15) is 0 Å². The normalized spacial score (nSPS) is 11.8. The van der Waals surface area contributed by atoms with E-state index in [1.807, 2.05) is 36.5 Å². The van der Waals surface area contributed by atoms with Gasteiger partial charge in [0.25, 0.3) is 0 Å². The van der Waals surface area contributed by atoms with Crippen LogP contribution in [0.2, 0.25) is 0 Å². The number of hydrogen-bond donors (Lipinski definition) is 0. The van der Waals surface area contributed by atoms with Crippen molar-refractivity contribution < 1.29 is 27.2 Å². The molecule has 3 nitrogen and oxygen atoms in total. The SMILES string of the molecule is [2H]c1ccnc(Oc2[c-]c(-c3[c-]c4c(cc3)c3ccccc3p4-c3ccccn3)ccc2)c1.[Pt+2]. The van der Waals surface area contributed by atoms with Crippen LogP contribution in [0.3, 0.4) is 0 Å². The third kappa shape index (κ3) is 4.11. The second-order valence-electron chi connectivity index (χ2n) is 7.30. The largest absolute Gasteiger partial charge is 2.00 e. The summed E-state index contributed by atoms with van der Waals surface area (Å²) in [5.41, 5.74) is 2.93. The van der Waals surface area contributed by atoms with Crippen LogP contribution in [0.1, 0.15) is 1.37 Å². The van der Waals surface area contributed by atoms with Gasteiger partial charge in [-0.15, -0.1) is 18.2 Å². The zero-order chi connectivity index (χ0) is 22.2. The Morgan fingerprint density at radius 3 is 2.45 bits per heavy atom. The monoisotopic (exact) mass is 624 g/mol. The van der Waals surface area contributed by atoms with Crippen LogP contribution in [0.25, 0.3) is 37.6 Å². The van der Waals surface area contributed by atoms with Crippen LogP contribution in [-0.2, 0) is 21.1 Å². The molecule has 0 amide bonds. The van der Waals surface area contributed by atoms with E-state index in [1.54, 1.807) is 18.3 Å². The molecule has 1 atom stereocenters. The smallest absolute Gasteiger partial charge is 0.460 e. The molecule has 3 heterocycles. The fourth-order valence-corrected chi connectivity index (χ4v) is 6.39. The van der Waals surface area contributed by atoms with E-state index >= 15 is 0 Å². The van der Waals surface area contributed by atoms with E-state index in [0.717, 1.165) is 16.6 Å². The Morgan fingerprint density at radius 2 is 1.58 bits per heavy atom. The number of nitrogens with zero attached hydrogens (tertiary/aromatic N) is 2. The molecular weight excluding hydrogens is 606 g/mol. The molecule has 0 aliphatic heterocycles. The van der Waals surface area contributed by atoms with Gasteiger partial charge in [0.2, 0.25) is 5.88 Å². The molecule has 0 saturated carbocycles. The predicted molar refractivity (Wildman–Crippen MR) is 131 cm³/mol. The minimum absolute atomic E-state index is 0. The number of aromatic nitrogens is 2. The summed E-state index contributed by atoms with van der Waals surface area (Å²) in [5, 5.41) is 4.98. The second kappa shape index (κ2) is 9.31. The minimum atomic E-state index is -0.772. The average molecular weight is 625 g/mol. The van der Waals surface area contributed by atoms with Crippen LogP contribution in [0.4, 0.5) is 0 Å². The maximum Gasteiger partial charge on any atom is 2.00 e. The van der Waals surface area contributed by atoms with Gasteiger partial charge in [-0.3, -0.25) is 4.98 Å². The van der Waals surface area contributed by atoms with Crippen LogP contribution in [0, 0.1) is 12.1 Å². The Bertz CT molecular complexity index is 1620. The van der Waals surface area contributed by atoms with E-state index in [-0.39, 0.29) is 21.1 Å². The molecule has 0 radical (unpaired) electrons. The van der Waals surface area contributed by atoms with Crippen LogP contribution in [0.15, 0.2) is 103 Å². The summed E-state index contributed by atoms with van der Waals surface area (Å²) in [5.74, 6) is 0.928. The van der Waals surface area contributed by atoms with Gasteiger partial charge in [-0.2, -0.15) is 24.3 Å². The molecule has 3 aromatic carbocycles. The molecule has 6 rings (SSSR count). The Kier molecular flexibility index (Phi) is 5.75. The fraction of sp³-hybridized carbons (Fsp3) is 0. The maximum absolute atomic E-state index is 7.76. The molecule has 0 aliphatic rings. The molecule has 3 aromatic heterocycles. The Morgan fingerprint density at radius 1 is 0.727 bits per heavy atom. The number of ether oxygens (including phenoxy) is 1. The zero-order valence-corrected chi connectivity index (χ0v) is 20.5. The molecule has 0 N–H and O–H groups in total. The average Bonchev–Trinajstić information content (AvgIpc) is 3.18. The van der Waals surface area contributed by atoms with Crippen LogP contribution >= 0.6 is 7.53 Å². The summed E-state index contributed by atoms with van der Waals surface area (Å²) < 4.78 is 13.6. The van der Waals surface area contributed by atoms with Gasteiger partial charge in [0.1, 0.15) is 0 Å². The minimum Gasteiger partial charge on any atom is -0.460 e. The summed E-state index contributed by atoms with van der Waals surface area (Å²) in [4.78, 5) is 8.86. The molecule has 1 unspecified atom stereocenters. The van der Waals surface area contributed by atoms with Gasteiger partial charge in [0.15, 0.2) is 0 Å². The van der Waals surface area contributed by atoms with Gasteiger partial charge in [0, 0.05) is 24.2 Å². The predicted octanol–water partition coefficient (Wildman–Crippen LogP) is 7.82. The first kappa shape index (κ1) is 20.4. The third-order valence-electron chi connectivity index (χ3n) is 5.31. The number of pyridine rings is 2. The summed E-state index contributed by atoms with van der Waals surface area (Å²) in [6.07, 6.45) is 3.42. The number of rotatable bonds is 4. The van der Waals surface area contributed by atoms with Crippen molar-refractivity contribution in [2.75, 3.05) is 0 Å². The van der Waals surface area contributed by atoms with E-state index in [1.165, 1.54) is 21.0 Å². The van der Waals surface area contributed by atoms with Gasteiger partial charge in [-0.25, -0.2) is 16.1 Å². The van der Waals surface area contributed by atoms with Crippen molar-refractivity contribution in [1.82, 2.24) is 9.97 Å². The van der Waals surface area contributed by atoms with Gasteiger partial charge in [-0.1, -0.05) is 54.4 Å². The van der Waals surface area contributed by atoms with Crippen LogP contribution < -0.4 is 4.74 Å². The fourth-order valence-electron chi connectivity index (χ4n) is 3.92. The first-order valence-electron chi connectivity index (χ1n) is 10.8. The van der Waals surface area contributed by atoms with E-state index < -0.39 is 7.53 Å². The van der Waals surface area contributed by atoms with Crippen molar-refractivity contribution >= 4 is 28.5 Å². The Balaban J connectivity index is 0.00000241. The molecule has 0 fully saturated rings. The van der Waals surface area contributed by atoms with Crippen molar-refractivity contribution in [1.29, 1.82) is 0 Å². The van der Waals surface area contributed by atoms with Crippen molar-refractivity contribution in [3.8, 4) is 28.2 Å². The Labute approximate surface area is 208 Å². The number of benzene rings is 3. The van der Waals surface area contributed by atoms with Crippen LogP contribution in [-0.4, -0.2) is 9.97 Å². The van der Waals surface area contributed by atoms with E-state index in [4.69, 9.17) is 6.11 Å². The first-order valence-corrected chi connectivity index (χ1v) is 11.6. The maximum atomic E-state index is 7.76. The summed E-state index contributed by atoms with van der Waals surface area (Å²) in [6, 6.07) is 35.3. The van der Waals surface area contributed by atoms with E-state index in [2.05, 4.69) is 64.6 Å². The molecule has 5 heteroatoms. The van der Waals surface area contributed by atoms with Crippen LogP contribution in [0.5, 0.6) is 11.6 Å². The molecule has 0 spiro atoms. The molecular formula is C28H17N2OPPt. The molecule has 160 valence electrons. The molecule has 33 heavy (non-hydrogen) atoms. The molecule has 6 aromatic rings. The van der Waals surface area contributed by atoms with Crippen molar-refractivity contribution in [3.05, 3.63) is 115 Å². The molecule has 0 bridgehead atoms. The number of fused-ring (bicyclic) bond motifs is 3. The number of hydrogen-bond acceptors (Lipinski definition) is 3. The first-order chi connectivity index (χ1) is 16.3. The summed E-state index contributed by atoms with van der Waals surface area (Å²) in [6.45, 7) is 0. The van der Waals surface area contributed by atoms with Crippen molar-refractivity contribution in [2.24, 2.45) is 0 Å². The quantitative estimate of drug-likeness (QED) is 0.188. The molecule has 0 aliphatic carbocycles. The third-order valence-corrected chi connectivity index (χ3v) is 7.71. The van der Waals surface area contributed by atoms with Gasteiger partial charge in [-0.05, 0) is 28.7 Å². The second-order valence-corrected chi connectivity index (χ2v) is 9.36. The van der Waals surface area contributed by atoms with Gasteiger partial charge < -0.3 is 4.74 Å². The van der Waals surface area contributed by atoms with E-state index in [0.29, 0.717) is 17.7 Å². The summed E-state index contributed by atoms with van der Waals surface area (Å²) >= 11 is 0. The standard InChI is InChI=1S/C28H17N2OP.Pt/c1-2-11-25-23(10-1)24-15-14-21(19-26(24)32(25)28-13-4-6-17-30-28)20-8-7-9-22(18-20)31-27-12-3-5-16-29-27;/h1-17H;/q-2;+2/i3D;. The Hall–Kier alpha value is -3.25. The van der Waals surface area contributed by atoms with Gasteiger partial charge in [0.05, 0.1) is 6.81 Å². The summed E-state index contributed by atoms with van der Waals surface area (Å²) in [7, 11) is -0.772. The van der Waals surface area contributed by atoms with Crippen molar-refractivity contribution in [2.45, 2.75) is 0 Å². The molecule has 0 saturated heterocycles.